The molecule has 4 N–H and O–H groups in total. The smallest absolute Gasteiger partial charge is 0.266 e. The lowest BCUT2D eigenvalue weighted by atomic mass is 9.98. The first kappa shape index (κ1) is 24.3. The number of nitrogens with zero attached hydrogens (tertiary/aromatic N) is 2. The number of anilines is 1. The molecule has 8 nitrogen and oxygen atoms in total. The van der Waals surface area contributed by atoms with Crippen LogP contribution in [0.1, 0.15) is 17.2 Å². The number of fused-ring (bicyclic) bond motifs is 1. The fourth-order valence-electron chi connectivity index (χ4n) is 4.09. The Labute approximate surface area is 222 Å². The Hall–Kier alpha value is -3.35. The van der Waals surface area contributed by atoms with Gasteiger partial charge in [-0.15, -0.1) is 0 Å². The zero-order valence-corrected chi connectivity index (χ0v) is 21.6. The van der Waals surface area contributed by atoms with Gasteiger partial charge in [0.05, 0.1) is 22.2 Å². The van der Waals surface area contributed by atoms with Crippen LogP contribution in [0, 0.1) is 4.77 Å². The summed E-state index contributed by atoms with van der Waals surface area (Å²) in [6.07, 6.45) is 0. The van der Waals surface area contributed by atoms with Crippen LogP contribution in [-0.4, -0.2) is 22.7 Å². The Bertz CT molecular complexity index is 1720. The van der Waals surface area contributed by atoms with E-state index in [0.717, 1.165) is 5.56 Å². The number of nitrogens with two attached hydrogens (primary N) is 1. The molecule has 182 valence electrons. The molecule has 12 heteroatoms. The van der Waals surface area contributed by atoms with Crippen molar-refractivity contribution in [1.29, 1.82) is 0 Å². The number of rotatable bonds is 4. The van der Waals surface area contributed by atoms with Gasteiger partial charge >= 0.3 is 0 Å². The van der Waals surface area contributed by atoms with E-state index < -0.39 is 16.1 Å². The Balaban J connectivity index is 1.86. The summed E-state index contributed by atoms with van der Waals surface area (Å²) in [5.41, 5.74) is 1.85. The monoisotopic (exact) mass is 555 g/mol. The second-order valence-corrected chi connectivity index (χ2v) is 10.7. The maximum absolute atomic E-state index is 14.0. The van der Waals surface area contributed by atoms with Crippen LogP contribution in [-0.2, 0) is 10.0 Å². The lowest BCUT2D eigenvalue weighted by Crippen LogP contribution is -2.44. The Kier molecular flexibility index (Phi) is 6.27. The summed E-state index contributed by atoms with van der Waals surface area (Å²) < 4.78 is 26.7. The molecule has 1 aliphatic rings. The normalized spacial score (nSPS) is 15.1. The highest BCUT2D eigenvalue weighted by Crippen LogP contribution is 2.32. The van der Waals surface area contributed by atoms with E-state index in [0.29, 0.717) is 32.9 Å². The van der Waals surface area contributed by atoms with Gasteiger partial charge in [0.15, 0.2) is 9.88 Å². The quantitative estimate of drug-likeness (QED) is 0.326. The predicted molar refractivity (Wildman–Crippen MR) is 146 cm³/mol. The first-order chi connectivity index (χ1) is 17.1. The molecule has 0 amide bonds. The van der Waals surface area contributed by atoms with E-state index in [-0.39, 0.29) is 15.2 Å². The number of sulfonamides is 1. The van der Waals surface area contributed by atoms with E-state index in [1.807, 2.05) is 30.3 Å². The van der Waals surface area contributed by atoms with Gasteiger partial charge in [-0.3, -0.25) is 13.9 Å². The van der Waals surface area contributed by atoms with Crippen molar-refractivity contribution in [3.8, 4) is 11.4 Å². The minimum Gasteiger partial charge on any atom is -0.351 e. The first-order valence-corrected chi connectivity index (χ1v) is 13.3. The van der Waals surface area contributed by atoms with Crippen molar-refractivity contribution < 1.29 is 8.42 Å². The van der Waals surface area contributed by atoms with Gasteiger partial charge in [0.2, 0.25) is 10.0 Å². The van der Waals surface area contributed by atoms with Crippen molar-refractivity contribution in [3.05, 3.63) is 110 Å². The lowest BCUT2D eigenvalue weighted by Gasteiger charge is -2.32. The molecule has 1 aromatic heterocycles. The van der Waals surface area contributed by atoms with Crippen LogP contribution in [0.4, 0.5) is 5.82 Å². The molecule has 0 saturated carbocycles. The molecule has 5 rings (SSSR count). The maximum Gasteiger partial charge on any atom is 0.266 e. The molecule has 1 aliphatic heterocycles. The van der Waals surface area contributed by atoms with Crippen molar-refractivity contribution in [2.45, 2.75) is 10.9 Å². The third-order valence-corrected chi connectivity index (χ3v) is 7.50. The number of benzene rings is 3. The molecule has 0 saturated heterocycles. The van der Waals surface area contributed by atoms with Gasteiger partial charge in [0, 0.05) is 10.7 Å². The molecule has 0 aliphatic carbocycles. The average molecular weight is 556 g/mol. The van der Waals surface area contributed by atoms with Crippen molar-refractivity contribution in [2.75, 3.05) is 5.32 Å². The Morgan fingerprint density at radius 2 is 1.44 bits per heavy atom. The minimum absolute atomic E-state index is 0.0791. The predicted octanol–water partition coefficient (Wildman–Crippen LogP) is 4.05. The molecule has 1 atom stereocenters. The molecule has 3 aromatic carbocycles. The van der Waals surface area contributed by atoms with E-state index in [9.17, 15) is 13.2 Å². The maximum atomic E-state index is 14.0. The second-order valence-electron chi connectivity index (χ2n) is 7.98. The largest absolute Gasteiger partial charge is 0.351 e. The van der Waals surface area contributed by atoms with Crippen LogP contribution in [0.15, 0.2) is 88.6 Å². The molecule has 0 spiro atoms. The molecule has 0 fully saturated rings. The van der Waals surface area contributed by atoms with Crippen molar-refractivity contribution >= 4 is 57.0 Å². The molecule has 2 heterocycles. The first-order valence-electron chi connectivity index (χ1n) is 10.6. The molecular weight excluding hydrogens is 538 g/mol. The summed E-state index contributed by atoms with van der Waals surface area (Å²) in [5.74, 6) is 0.433. The summed E-state index contributed by atoms with van der Waals surface area (Å²) in [4.78, 5) is 14.0. The minimum atomic E-state index is -3.91. The SMILES string of the molecule is NS(=O)(=O)c1ccc(-n2c(=O)c3c(n(-c4ccc(Cl)cc4)c2=S)NC(=S)NC3c2ccccc2)cc1. The number of halogens is 1. The molecule has 0 bridgehead atoms. The molecule has 4 aromatic rings. The molecular formula is C24H18ClN5O3S3. The molecule has 1 unspecified atom stereocenters. The highest BCUT2D eigenvalue weighted by Gasteiger charge is 2.31. The summed E-state index contributed by atoms with van der Waals surface area (Å²) in [6, 6.07) is 21.5. The highest BCUT2D eigenvalue weighted by molar-refractivity contribution is 7.89. The van der Waals surface area contributed by atoms with Gasteiger partial charge in [0.1, 0.15) is 5.82 Å². The van der Waals surface area contributed by atoms with Crippen molar-refractivity contribution in [2.24, 2.45) is 5.14 Å². The summed E-state index contributed by atoms with van der Waals surface area (Å²) in [7, 11) is -3.91. The summed E-state index contributed by atoms with van der Waals surface area (Å²) in [6.45, 7) is 0. The van der Waals surface area contributed by atoms with Crippen molar-refractivity contribution in [1.82, 2.24) is 14.5 Å². The third kappa shape index (κ3) is 4.36. The van der Waals surface area contributed by atoms with Crippen LogP contribution in [0.2, 0.25) is 5.02 Å². The van der Waals surface area contributed by atoms with Gasteiger partial charge in [-0.2, -0.15) is 0 Å². The third-order valence-electron chi connectivity index (χ3n) is 5.73. The number of thiocarbonyl (C=S) groups is 1. The zero-order chi connectivity index (χ0) is 25.6. The fourth-order valence-corrected chi connectivity index (χ4v) is 5.33. The van der Waals surface area contributed by atoms with Crippen LogP contribution in [0.25, 0.3) is 11.4 Å². The zero-order valence-electron chi connectivity index (χ0n) is 18.4. The van der Waals surface area contributed by atoms with Gasteiger partial charge in [-0.05, 0) is 78.5 Å². The van der Waals surface area contributed by atoms with Crippen LogP contribution in [0.3, 0.4) is 0 Å². The number of aromatic nitrogens is 2. The van der Waals surface area contributed by atoms with Crippen molar-refractivity contribution in [3.63, 3.8) is 0 Å². The van der Waals surface area contributed by atoms with Crippen LogP contribution >= 0.6 is 36.0 Å². The molecule has 36 heavy (non-hydrogen) atoms. The second kappa shape index (κ2) is 9.26. The highest BCUT2D eigenvalue weighted by atomic mass is 35.5. The standard InChI is InChI=1S/C24H18ClN5O3S3/c25-15-6-8-16(9-7-15)29-21-19(20(27-23(34)28-21)14-4-2-1-3-5-14)22(31)30(24(29)35)17-10-12-18(13-11-17)36(26,32)33/h1-13,20H,(H2,26,32,33)(H2,27,28,34). The van der Waals surface area contributed by atoms with Crippen LogP contribution < -0.4 is 21.3 Å². The number of nitrogens with one attached hydrogen (secondary N) is 2. The number of primary sulfonamides is 1. The van der Waals surface area contributed by atoms with E-state index in [2.05, 4.69) is 10.6 Å². The Morgan fingerprint density at radius 1 is 0.861 bits per heavy atom. The Morgan fingerprint density at radius 3 is 2.06 bits per heavy atom. The van der Waals surface area contributed by atoms with Crippen LogP contribution in [0.5, 0.6) is 0 Å². The number of hydrogen-bond donors (Lipinski definition) is 3. The average Bonchev–Trinajstić information content (AvgIpc) is 2.85. The van der Waals surface area contributed by atoms with E-state index in [4.69, 9.17) is 41.2 Å². The summed E-state index contributed by atoms with van der Waals surface area (Å²) in [5, 5.41) is 12.4. The summed E-state index contributed by atoms with van der Waals surface area (Å²) >= 11 is 17.4. The van der Waals surface area contributed by atoms with Gasteiger partial charge < -0.3 is 10.6 Å². The van der Waals surface area contributed by atoms with Gasteiger partial charge in [-0.25, -0.2) is 13.6 Å². The van der Waals surface area contributed by atoms with E-state index in [1.165, 1.54) is 28.8 Å². The fraction of sp³-hybridized carbons (Fsp3) is 0.0417. The van der Waals surface area contributed by atoms with Gasteiger partial charge in [-0.1, -0.05) is 41.9 Å². The lowest BCUT2D eigenvalue weighted by molar-refractivity contribution is 0.598. The topological polar surface area (TPSA) is 111 Å². The number of hydrogen-bond acceptors (Lipinski definition) is 5. The van der Waals surface area contributed by atoms with E-state index >= 15 is 0 Å². The molecule has 0 radical (unpaired) electrons. The van der Waals surface area contributed by atoms with E-state index in [1.54, 1.807) is 28.8 Å². The van der Waals surface area contributed by atoms with Gasteiger partial charge in [0.25, 0.3) is 5.56 Å².